The third-order valence-corrected chi connectivity index (χ3v) is 14.3. The number of aliphatic hydroxyl groups is 5. The van der Waals surface area contributed by atoms with Gasteiger partial charge in [-0.3, -0.25) is 0 Å². The number of methoxy groups -OCH3 is 1. The van der Waals surface area contributed by atoms with Crippen LogP contribution >= 0.6 is 0 Å². The summed E-state index contributed by atoms with van der Waals surface area (Å²) in [6.07, 6.45) is 1.91. The monoisotopic (exact) mass is 680 g/mol. The summed E-state index contributed by atoms with van der Waals surface area (Å²) in [7, 11) is 1.58. The van der Waals surface area contributed by atoms with Crippen LogP contribution in [0, 0.1) is 34.5 Å². The van der Waals surface area contributed by atoms with Crippen LogP contribution in [0.5, 0.6) is 0 Å². The molecule has 12 heteroatoms. The topological polar surface area (TPSA) is 174 Å². The summed E-state index contributed by atoms with van der Waals surface area (Å²) in [5.41, 5.74) is 0.221. The number of esters is 1. The molecule has 7 rings (SSSR count). The highest BCUT2D eigenvalue weighted by Crippen LogP contribution is 2.70. The van der Waals surface area contributed by atoms with Gasteiger partial charge < -0.3 is 54.0 Å². The van der Waals surface area contributed by atoms with Crippen LogP contribution in [0.25, 0.3) is 0 Å². The van der Waals surface area contributed by atoms with Crippen molar-refractivity contribution in [2.24, 2.45) is 34.5 Å². The normalized spacial score (nSPS) is 53.8. The summed E-state index contributed by atoms with van der Waals surface area (Å²) in [5, 5.41) is 52.9. The Kier molecular flexibility index (Phi) is 9.61. The zero-order chi connectivity index (χ0) is 34.2. The number of aliphatic hydroxyl groups excluding tert-OH is 4. The minimum atomic E-state index is -1.53. The van der Waals surface area contributed by atoms with Gasteiger partial charge in [-0.2, -0.15) is 0 Å². The molecule has 12 nitrogen and oxygen atoms in total. The van der Waals surface area contributed by atoms with Crippen LogP contribution in [0.15, 0.2) is 11.6 Å². The third-order valence-electron chi connectivity index (χ3n) is 14.3. The van der Waals surface area contributed by atoms with E-state index in [2.05, 4.69) is 13.8 Å². The molecular formula is C36H56O12. The van der Waals surface area contributed by atoms with Crippen molar-refractivity contribution in [1.82, 2.24) is 0 Å². The van der Waals surface area contributed by atoms with Crippen LogP contribution in [-0.2, 0) is 33.2 Å². The van der Waals surface area contributed by atoms with Gasteiger partial charge in [0.05, 0.1) is 30.5 Å². The van der Waals surface area contributed by atoms with E-state index >= 15 is 0 Å². The summed E-state index contributed by atoms with van der Waals surface area (Å²) < 4.78 is 35.6. The zero-order valence-electron chi connectivity index (χ0n) is 28.7. The fourth-order valence-electron chi connectivity index (χ4n) is 11.6. The van der Waals surface area contributed by atoms with Crippen molar-refractivity contribution in [3.05, 3.63) is 11.6 Å². The SMILES string of the molecule is CO[C@@H]1C[C@@H](O[C@H]2CC[C@@]3(C)C(CC[C@@H]4[C@@H]3CC[C@]3(C)[C@@H](C5=CC(=O)OC5)CC[C@]43O)C2)O[C@@H](C)[C@@H]1O[C@@H]1O[C@H](CO)[C@@H](O)[C@H](O)[C@H]1O. The van der Waals surface area contributed by atoms with Crippen molar-refractivity contribution >= 4 is 5.97 Å². The first-order chi connectivity index (χ1) is 22.8. The van der Waals surface area contributed by atoms with E-state index in [0.29, 0.717) is 24.9 Å². The van der Waals surface area contributed by atoms with E-state index in [1.807, 2.05) is 6.92 Å². The van der Waals surface area contributed by atoms with Crippen molar-refractivity contribution in [2.45, 2.75) is 152 Å². The van der Waals surface area contributed by atoms with Gasteiger partial charge in [-0.05, 0) is 99.4 Å². The van der Waals surface area contributed by atoms with Gasteiger partial charge in [0, 0.05) is 25.0 Å². The number of rotatable bonds is 7. The zero-order valence-corrected chi connectivity index (χ0v) is 28.7. The Morgan fingerprint density at radius 1 is 0.917 bits per heavy atom. The Bertz CT molecular complexity index is 1230. The number of carbonyl (C=O) groups excluding carboxylic acids is 1. The molecule has 7 aliphatic rings. The maximum atomic E-state index is 12.5. The molecule has 0 amide bonds. The molecule has 0 radical (unpaired) electrons. The Morgan fingerprint density at radius 2 is 1.71 bits per heavy atom. The van der Waals surface area contributed by atoms with Gasteiger partial charge in [-0.1, -0.05) is 13.8 Å². The lowest BCUT2D eigenvalue weighted by atomic mass is 9.43. The second-order valence-electron chi connectivity index (χ2n) is 16.4. The van der Waals surface area contributed by atoms with Crippen LogP contribution in [0.3, 0.4) is 0 Å². The smallest absolute Gasteiger partial charge is 0.331 e. The van der Waals surface area contributed by atoms with Crippen molar-refractivity contribution in [2.75, 3.05) is 20.3 Å². The van der Waals surface area contributed by atoms with Gasteiger partial charge in [0.25, 0.3) is 0 Å². The Balaban J connectivity index is 0.971. The van der Waals surface area contributed by atoms with E-state index in [-0.39, 0.29) is 34.7 Å². The van der Waals surface area contributed by atoms with Crippen LogP contribution in [0.1, 0.15) is 85.0 Å². The first-order valence-electron chi connectivity index (χ1n) is 18.2. The average molecular weight is 681 g/mol. The van der Waals surface area contributed by atoms with Gasteiger partial charge in [0.1, 0.15) is 37.1 Å². The number of ether oxygens (including phenoxy) is 6. The van der Waals surface area contributed by atoms with Crippen LogP contribution in [0.2, 0.25) is 0 Å². The summed E-state index contributed by atoms with van der Waals surface area (Å²) in [6.45, 7) is 6.40. The molecular weight excluding hydrogens is 624 g/mol. The second-order valence-corrected chi connectivity index (χ2v) is 16.4. The molecule has 5 N–H and O–H groups in total. The standard InChI is InChI=1S/C36H56O12/c1-18-32(48-33-31(41)30(40)29(39)26(16-37)47-33)25(43-4)15-28(45-18)46-21-7-10-34(2)20(14-21)5-6-24-23(34)8-11-35(3)22(9-12-36(24,35)42)19-13-27(38)44-17-19/h13,18,20-26,28-33,37,39-42H,5-12,14-17H2,1-4H3/t18-,20?,21-,22+,23-,24+,25+,26+,28+,29+,30-,31+,32-,33-,34-,35+,36-/m0/s1. The van der Waals surface area contributed by atoms with Crippen molar-refractivity contribution in [3.8, 4) is 0 Å². The molecule has 0 aromatic heterocycles. The maximum Gasteiger partial charge on any atom is 0.331 e. The average Bonchev–Trinajstić information content (AvgIpc) is 3.61. The lowest BCUT2D eigenvalue weighted by Crippen LogP contribution is -2.62. The van der Waals surface area contributed by atoms with Crippen LogP contribution in [-0.4, -0.2) is 119 Å². The second kappa shape index (κ2) is 13.1. The molecule has 0 aromatic carbocycles. The lowest BCUT2D eigenvalue weighted by molar-refractivity contribution is -0.345. The van der Waals surface area contributed by atoms with Crippen molar-refractivity contribution < 1.29 is 58.7 Å². The number of carbonyl (C=O) groups is 1. The van der Waals surface area contributed by atoms with E-state index in [9.17, 15) is 30.3 Å². The van der Waals surface area contributed by atoms with Crippen molar-refractivity contribution in [1.29, 1.82) is 0 Å². The van der Waals surface area contributed by atoms with E-state index in [0.717, 1.165) is 63.4 Å². The molecule has 3 aliphatic heterocycles. The Labute approximate surface area is 283 Å². The lowest BCUT2D eigenvalue weighted by Gasteiger charge is -2.64. The number of hydrogen-bond acceptors (Lipinski definition) is 12. The van der Waals surface area contributed by atoms with Gasteiger partial charge in [0.2, 0.25) is 0 Å². The van der Waals surface area contributed by atoms with Crippen molar-refractivity contribution in [3.63, 3.8) is 0 Å². The summed E-state index contributed by atoms with van der Waals surface area (Å²) in [5.74, 6) is 1.14. The Morgan fingerprint density at radius 3 is 2.42 bits per heavy atom. The predicted molar refractivity (Wildman–Crippen MR) is 169 cm³/mol. The number of fused-ring (bicyclic) bond motifs is 5. The van der Waals surface area contributed by atoms with Gasteiger partial charge >= 0.3 is 5.97 Å². The Hall–Kier alpha value is -1.19. The molecule has 17 atom stereocenters. The largest absolute Gasteiger partial charge is 0.458 e. The number of hydrogen-bond donors (Lipinski definition) is 5. The summed E-state index contributed by atoms with van der Waals surface area (Å²) >= 11 is 0. The van der Waals surface area contributed by atoms with Gasteiger partial charge in [-0.25, -0.2) is 4.79 Å². The van der Waals surface area contributed by atoms with E-state index in [1.54, 1.807) is 13.2 Å². The predicted octanol–water partition coefficient (Wildman–Crippen LogP) is 1.96. The molecule has 272 valence electrons. The fourth-order valence-corrected chi connectivity index (χ4v) is 11.6. The molecule has 2 saturated heterocycles. The molecule has 3 heterocycles. The third kappa shape index (κ3) is 5.61. The molecule has 48 heavy (non-hydrogen) atoms. The number of cyclic esters (lactones) is 1. The van der Waals surface area contributed by atoms with Crippen LogP contribution < -0.4 is 0 Å². The minimum absolute atomic E-state index is 0.0388. The van der Waals surface area contributed by atoms with Gasteiger partial charge in [0.15, 0.2) is 12.6 Å². The molecule has 0 spiro atoms. The molecule has 0 aromatic rings. The highest BCUT2D eigenvalue weighted by molar-refractivity contribution is 5.85. The minimum Gasteiger partial charge on any atom is -0.458 e. The fraction of sp³-hybridized carbons (Fsp3) is 0.917. The maximum absolute atomic E-state index is 12.5. The van der Waals surface area contributed by atoms with E-state index in [4.69, 9.17) is 28.4 Å². The van der Waals surface area contributed by atoms with E-state index < -0.39 is 67.5 Å². The highest BCUT2D eigenvalue weighted by Gasteiger charge is 2.67. The quantitative estimate of drug-likeness (QED) is 0.196. The van der Waals surface area contributed by atoms with Gasteiger partial charge in [-0.15, -0.1) is 0 Å². The molecule has 0 bridgehead atoms. The molecule has 1 unspecified atom stereocenters. The molecule has 4 aliphatic carbocycles. The molecule has 6 fully saturated rings. The first-order valence-corrected chi connectivity index (χ1v) is 18.2. The van der Waals surface area contributed by atoms with E-state index in [1.165, 1.54) is 0 Å². The summed E-state index contributed by atoms with van der Waals surface area (Å²) in [4.78, 5) is 11.9. The first kappa shape index (κ1) is 35.2. The molecule has 4 saturated carbocycles. The highest BCUT2D eigenvalue weighted by atomic mass is 16.7. The summed E-state index contributed by atoms with van der Waals surface area (Å²) in [6, 6.07) is 0. The van der Waals surface area contributed by atoms with Crippen LogP contribution in [0.4, 0.5) is 0 Å².